The Hall–Kier alpha value is -3.36. The van der Waals surface area contributed by atoms with Gasteiger partial charge in [-0.2, -0.15) is 8.78 Å². The van der Waals surface area contributed by atoms with Crippen LogP contribution in [0.5, 0.6) is 17.2 Å². The molecule has 2 atom stereocenters. The van der Waals surface area contributed by atoms with Crippen molar-refractivity contribution in [1.29, 1.82) is 0 Å². The van der Waals surface area contributed by atoms with Gasteiger partial charge in [0.15, 0.2) is 11.5 Å². The molecule has 0 bridgehead atoms. The van der Waals surface area contributed by atoms with E-state index >= 15 is 0 Å². The van der Waals surface area contributed by atoms with E-state index < -0.39 is 30.4 Å². The molecule has 2 aromatic rings. The molecule has 1 amide bonds. The molecule has 29 heavy (non-hydrogen) atoms. The Labute approximate surface area is 165 Å². The normalized spacial score (nSPS) is 18.4. The number of hydrogen-bond donors (Lipinski definition) is 1. The number of carboxylic acid groups (broad SMARTS) is 1. The average Bonchev–Trinajstić information content (AvgIpc) is 2.69. The van der Waals surface area contributed by atoms with Crippen LogP contribution >= 0.6 is 0 Å². The minimum atomic E-state index is -2.97. The van der Waals surface area contributed by atoms with E-state index in [2.05, 4.69) is 4.74 Å². The van der Waals surface area contributed by atoms with E-state index in [1.807, 2.05) is 0 Å². The molecule has 154 valence electrons. The summed E-state index contributed by atoms with van der Waals surface area (Å²) in [6.45, 7) is -2.97. The number of ether oxygens (including phenoxy) is 3. The average molecular weight is 407 g/mol. The second-order valence-corrected chi connectivity index (χ2v) is 6.42. The van der Waals surface area contributed by atoms with Crippen molar-refractivity contribution in [3.8, 4) is 17.2 Å². The summed E-state index contributed by atoms with van der Waals surface area (Å²) in [6, 6.07) is 7.64. The first-order valence-corrected chi connectivity index (χ1v) is 8.59. The Kier molecular flexibility index (Phi) is 5.58. The van der Waals surface area contributed by atoms with Crippen LogP contribution in [0.4, 0.5) is 8.78 Å². The molecule has 1 aliphatic rings. The van der Waals surface area contributed by atoms with Crippen molar-refractivity contribution in [2.24, 2.45) is 0 Å². The van der Waals surface area contributed by atoms with Gasteiger partial charge in [-0.1, -0.05) is 12.1 Å². The second kappa shape index (κ2) is 7.94. The van der Waals surface area contributed by atoms with Gasteiger partial charge in [0, 0.05) is 12.6 Å². The zero-order chi connectivity index (χ0) is 21.3. The van der Waals surface area contributed by atoms with Gasteiger partial charge in [-0.05, 0) is 35.4 Å². The maximum absolute atomic E-state index is 13.0. The van der Waals surface area contributed by atoms with Crippen LogP contribution in [0.25, 0.3) is 0 Å². The number of carbonyl (C=O) groups is 2. The van der Waals surface area contributed by atoms with Gasteiger partial charge in [0.2, 0.25) is 0 Å². The van der Waals surface area contributed by atoms with Gasteiger partial charge < -0.3 is 24.2 Å². The standard InChI is InChI=1S/C20H19F2NO6/c1-23-17(10-4-6-11(7-5-10)29-20(21)22)16(19(25)26)12-8-14(27-2)15(28-3)9-13(12)18(23)24/h4-9,16-17,20H,1-3H3,(H,25,26)/t16-,17+/m1/s1. The van der Waals surface area contributed by atoms with Crippen molar-refractivity contribution >= 4 is 11.9 Å². The van der Waals surface area contributed by atoms with Gasteiger partial charge in [0.05, 0.1) is 20.3 Å². The summed E-state index contributed by atoms with van der Waals surface area (Å²) in [4.78, 5) is 26.5. The third-order valence-electron chi connectivity index (χ3n) is 4.89. The fourth-order valence-electron chi connectivity index (χ4n) is 3.58. The largest absolute Gasteiger partial charge is 0.493 e. The van der Waals surface area contributed by atoms with Gasteiger partial charge in [-0.15, -0.1) is 0 Å². The van der Waals surface area contributed by atoms with E-state index in [9.17, 15) is 23.5 Å². The molecule has 0 saturated carbocycles. The number of amides is 1. The highest BCUT2D eigenvalue weighted by atomic mass is 19.3. The van der Waals surface area contributed by atoms with Gasteiger partial charge in [-0.3, -0.25) is 9.59 Å². The van der Waals surface area contributed by atoms with E-state index in [-0.39, 0.29) is 16.9 Å². The van der Waals surface area contributed by atoms with Crippen molar-refractivity contribution in [3.63, 3.8) is 0 Å². The predicted molar refractivity (Wildman–Crippen MR) is 97.8 cm³/mol. The van der Waals surface area contributed by atoms with E-state index in [4.69, 9.17) is 9.47 Å². The van der Waals surface area contributed by atoms with Crippen LogP contribution in [0, 0.1) is 0 Å². The minimum absolute atomic E-state index is 0.0628. The van der Waals surface area contributed by atoms with Crippen LogP contribution in [0.15, 0.2) is 36.4 Å². The SMILES string of the molecule is COc1cc2c(cc1OC)[C@@H](C(=O)O)[C@H](c1ccc(OC(F)F)cc1)N(C)C2=O. The van der Waals surface area contributed by atoms with Gasteiger partial charge in [-0.25, -0.2) is 0 Å². The first-order valence-electron chi connectivity index (χ1n) is 8.59. The molecule has 7 nitrogen and oxygen atoms in total. The van der Waals surface area contributed by atoms with E-state index in [1.54, 1.807) is 0 Å². The summed E-state index contributed by atoms with van der Waals surface area (Å²) >= 11 is 0. The van der Waals surface area contributed by atoms with Crippen LogP contribution in [0.2, 0.25) is 0 Å². The number of carboxylic acids is 1. The van der Waals surface area contributed by atoms with Crippen molar-refractivity contribution in [3.05, 3.63) is 53.1 Å². The number of benzene rings is 2. The molecule has 1 heterocycles. The Morgan fingerprint density at radius 2 is 1.69 bits per heavy atom. The van der Waals surface area contributed by atoms with Crippen molar-refractivity contribution in [2.45, 2.75) is 18.6 Å². The maximum Gasteiger partial charge on any atom is 0.387 e. The Morgan fingerprint density at radius 1 is 1.10 bits per heavy atom. The predicted octanol–water partition coefficient (Wildman–Crippen LogP) is 3.30. The van der Waals surface area contributed by atoms with Gasteiger partial charge >= 0.3 is 12.6 Å². The van der Waals surface area contributed by atoms with Crippen LogP contribution < -0.4 is 14.2 Å². The number of rotatable bonds is 6. The highest BCUT2D eigenvalue weighted by molar-refractivity contribution is 6.01. The molecule has 1 N–H and O–H groups in total. The van der Waals surface area contributed by atoms with Gasteiger partial charge in [0.1, 0.15) is 11.7 Å². The topological polar surface area (TPSA) is 85.3 Å². The number of hydrogen-bond acceptors (Lipinski definition) is 5. The monoisotopic (exact) mass is 407 g/mol. The smallest absolute Gasteiger partial charge is 0.387 e. The van der Waals surface area contributed by atoms with Gasteiger partial charge in [0.25, 0.3) is 5.91 Å². The number of halogens is 2. The molecular weight excluding hydrogens is 388 g/mol. The Balaban J connectivity index is 2.12. The molecule has 0 unspecified atom stereocenters. The fraction of sp³-hybridized carbons (Fsp3) is 0.300. The quantitative estimate of drug-likeness (QED) is 0.791. The van der Waals surface area contributed by atoms with E-state index in [0.29, 0.717) is 17.1 Å². The summed E-state index contributed by atoms with van der Waals surface area (Å²) in [7, 11) is 4.32. The molecule has 0 saturated heterocycles. The summed E-state index contributed by atoms with van der Waals surface area (Å²) in [6.07, 6.45) is 0. The molecule has 1 aliphatic heterocycles. The number of alkyl halides is 2. The van der Waals surface area contributed by atoms with Crippen molar-refractivity contribution < 1.29 is 37.7 Å². The third-order valence-corrected chi connectivity index (χ3v) is 4.89. The fourth-order valence-corrected chi connectivity index (χ4v) is 3.58. The first-order chi connectivity index (χ1) is 13.8. The lowest BCUT2D eigenvalue weighted by molar-refractivity contribution is -0.140. The number of methoxy groups -OCH3 is 2. The van der Waals surface area contributed by atoms with Crippen LogP contribution in [-0.2, 0) is 4.79 Å². The number of fused-ring (bicyclic) bond motifs is 1. The van der Waals surface area contributed by atoms with E-state index in [1.165, 1.54) is 62.6 Å². The number of carbonyl (C=O) groups excluding carboxylic acids is 1. The summed E-state index contributed by atoms with van der Waals surface area (Å²) < 4.78 is 39.6. The number of likely N-dealkylation sites (N-methyl/N-ethyl adjacent to an activating group) is 1. The molecule has 0 radical (unpaired) electrons. The lowest BCUT2D eigenvalue weighted by Crippen LogP contribution is -2.42. The Morgan fingerprint density at radius 3 is 2.21 bits per heavy atom. The number of aliphatic carboxylic acids is 1. The molecule has 9 heteroatoms. The third kappa shape index (κ3) is 3.67. The number of nitrogens with zero attached hydrogens (tertiary/aromatic N) is 1. The Bertz CT molecular complexity index is 931. The highest BCUT2D eigenvalue weighted by Crippen LogP contribution is 2.45. The maximum atomic E-state index is 13.0. The summed E-state index contributed by atoms with van der Waals surface area (Å²) in [5, 5.41) is 9.95. The molecule has 2 aromatic carbocycles. The van der Waals surface area contributed by atoms with Crippen LogP contribution in [0.3, 0.4) is 0 Å². The van der Waals surface area contributed by atoms with Crippen LogP contribution in [0.1, 0.15) is 33.4 Å². The van der Waals surface area contributed by atoms with E-state index in [0.717, 1.165) is 0 Å². The molecule has 0 fully saturated rings. The zero-order valence-corrected chi connectivity index (χ0v) is 15.9. The van der Waals surface area contributed by atoms with Crippen LogP contribution in [-0.4, -0.2) is 49.8 Å². The summed E-state index contributed by atoms with van der Waals surface area (Å²) in [5.74, 6) is -2.09. The lowest BCUT2D eigenvalue weighted by Gasteiger charge is -2.39. The van der Waals surface area contributed by atoms with Crippen molar-refractivity contribution in [1.82, 2.24) is 4.90 Å². The summed E-state index contributed by atoms with van der Waals surface area (Å²) in [5.41, 5.74) is 0.956. The molecular formula is C20H19F2NO6. The molecule has 3 rings (SSSR count). The lowest BCUT2D eigenvalue weighted by atomic mass is 9.80. The first kappa shape index (κ1) is 20.4. The minimum Gasteiger partial charge on any atom is -0.493 e. The molecule has 0 aromatic heterocycles. The van der Waals surface area contributed by atoms with Crippen molar-refractivity contribution in [2.75, 3.05) is 21.3 Å². The molecule has 0 spiro atoms. The molecule has 0 aliphatic carbocycles. The zero-order valence-electron chi connectivity index (χ0n) is 15.9. The second-order valence-electron chi connectivity index (χ2n) is 6.42. The highest BCUT2D eigenvalue weighted by Gasteiger charge is 2.43.